The number of carbonyl (C=O) groups excluding carboxylic acids is 1. The maximum atomic E-state index is 11.9. The van der Waals surface area contributed by atoms with Crippen LogP contribution in [0.3, 0.4) is 0 Å². The summed E-state index contributed by atoms with van der Waals surface area (Å²) < 4.78 is 10.6. The molecular formula is C16H31NO3. The van der Waals surface area contributed by atoms with Gasteiger partial charge in [0.2, 0.25) is 0 Å². The van der Waals surface area contributed by atoms with Crippen LogP contribution in [0.15, 0.2) is 0 Å². The van der Waals surface area contributed by atoms with E-state index in [9.17, 15) is 4.79 Å². The third-order valence-corrected chi connectivity index (χ3v) is 3.77. The van der Waals surface area contributed by atoms with Crippen LogP contribution in [0.5, 0.6) is 0 Å². The standard InChI is InChI=1S/C16H31NO3/c1-13(2)7-5-11-20-12-6-10-16(3,15(18)19-4)17-14-8-9-14/h13-14,17H,5-12H2,1-4H3. The van der Waals surface area contributed by atoms with Crippen molar-refractivity contribution in [1.29, 1.82) is 0 Å². The summed E-state index contributed by atoms with van der Waals surface area (Å²) in [6.07, 6.45) is 6.30. The van der Waals surface area contributed by atoms with Crippen LogP contribution in [0.4, 0.5) is 0 Å². The van der Waals surface area contributed by atoms with Gasteiger partial charge in [-0.2, -0.15) is 0 Å². The zero-order valence-electron chi connectivity index (χ0n) is 13.5. The molecule has 1 saturated carbocycles. The molecule has 1 fully saturated rings. The highest BCUT2D eigenvalue weighted by Crippen LogP contribution is 2.25. The van der Waals surface area contributed by atoms with Crippen LogP contribution in [0, 0.1) is 5.92 Å². The van der Waals surface area contributed by atoms with Crippen molar-refractivity contribution in [2.24, 2.45) is 5.92 Å². The molecule has 0 bridgehead atoms. The Labute approximate surface area is 123 Å². The topological polar surface area (TPSA) is 47.6 Å². The normalized spacial score (nSPS) is 18.1. The van der Waals surface area contributed by atoms with E-state index in [1.165, 1.54) is 13.5 Å². The van der Waals surface area contributed by atoms with Crippen LogP contribution in [0.25, 0.3) is 0 Å². The average molecular weight is 285 g/mol. The van der Waals surface area contributed by atoms with Gasteiger partial charge in [-0.1, -0.05) is 13.8 Å². The first-order valence-electron chi connectivity index (χ1n) is 7.92. The lowest BCUT2D eigenvalue weighted by Crippen LogP contribution is -2.51. The third kappa shape index (κ3) is 6.71. The van der Waals surface area contributed by atoms with Crippen LogP contribution < -0.4 is 5.32 Å². The number of hydrogen-bond donors (Lipinski definition) is 1. The van der Waals surface area contributed by atoms with E-state index in [-0.39, 0.29) is 5.97 Å². The first kappa shape index (κ1) is 17.4. The Bertz CT molecular complexity index is 289. The van der Waals surface area contributed by atoms with Crippen LogP contribution in [0.2, 0.25) is 0 Å². The minimum Gasteiger partial charge on any atom is -0.468 e. The summed E-state index contributed by atoms with van der Waals surface area (Å²) in [5.41, 5.74) is -0.558. The zero-order valence-corrected chi connectivity index (χ0v) is 13.5. The Morgan fingerprint density at radius 3 is 2.50 bits per heavy atom. The van der Waals surface area contributed by atoms with Gasteiger partial charge in [0.15, 0.2) is 0 Å². The molecule has 0 radical (unpaired) electrons. The van der Waals surface area contributed by atoms with Crippen LogP contribution >= 0.6 is 0 Å². The lowest BCUT2D eigenvalue weighted by Gasteiger charge is -2.28. The molecule has 1 unspecified atom stereocenters. The Kier molecular flexibility index (Phi) is 7.52. The maximum Gasteiger partial charge on any atom is 0.325 e. The highest BCUT2D eigenvalue weighted by molar-refractivity contribution is 5.80. The Balaban J connectivity index is 2.16. The molecule has 0 aromatic heterocycles. The Hall–Kier alpha value is -0.610. The van der Waals surface area contributed by atoms with E-state index < -0.39 is 5.54 Å². The highest BCUT2D eigenvalue weighted by Gasteiger charge is 2.38. The molecule has 1 aliphatic carbocycles. The molecule has 0 aromatic carbocycles. The van der Waals surface area contributed by atoms with E-state index in [2.05, 4.69) is 19.2 Å². The second kappa shape index (κ2) is 8.63. The second-order valence-electron chi connectivity index (χ2n) is 6.49. The van der Waals surface area contributed by atoms with Gasteiger partial charge < -0.3 is 9.47 Å². The monoisotopic (exact) mass is 285 g/mol. The Morgan fingerprint density at radius 2 is 1.95 bits per heavy atom. The molecule has 118 valence electrons. The molecule has 0 aromatic rings. The van der Waals surface area contributed by atoms with E-state index in [4.69, 9.17) is 9.47 Å². The summed E-state index contributed by atoms with van der Waals surface area (Å²) in [6, 6.07) is 0.492. The van der Waals surface area contributed by atoms with Gasteiger partial charge in [0.25, 0.3) is 0 Å². The van der Waals surface area contributed by atoms with E-state index >= 15 is 0 Å². The quantitative estimate of drug-likeness (QED) is 0.468. The number of methoxy groups -OCH3 is 1. The molecule has 4 heteroatoms. The molecule has 0 heterocycles. The summed E-state index contributed by atoms with van der Waals surface area (Å²) in [7, 11) is 1.46. The summed E-state index contributed by atoms with van der Waals surface area (Å²) in [5, 5.41) is 3.40. The first-order chi connectivity index (χ1) is 9.48. The number of rotatable bonds is 11. The minimum absolute atomic E-state index is 0.163. The number of esters is 1. The van der Waals surface area contributed by atoms with Crippen molar-refractivity contribution >= 4 is 5.97 Å². The molecule has 0 aliphatic heterocycles. The molecule has 0 saturated heterocycles. The van der Waals surface area contributed by atoms with Gasteiger partial charge in [0.05, 0.1) is 7.11 Å². The molecule has 0 spiro atoms. The van der Waals surface area contributed by atoms with Crippen molar-refractivity contribution < 1.29 is 14.3 Å². The first-order valence-corrected chi connectivity index (χ1v) is 7.92. The van der Waals surface area contributed by atoms with Gasteiger partial charge in [-0.05, 0) is 51.4 Å². The van der Waals surface area contributed by atoms with Crippen LogP contribution in [-0.4, -0.2) is 37.9 Å². The van der Waals surface area contributed by atoms with Crippen LogP contribution in [-0.2, 0) is 14.3 Å². The lowest BCUT2D eigenvalue weighted by molar-refractivity contribution is -0.148. The van der Waals surface area contributed by atoms with E-state index in [0.717, 1.165) is 51.2 Å². The van der Waals surface area contributed by atoms with Gasteiger partial charge >= 0.3 is 5.97 Å². The fraction of sp³-hybridized carbons (Fsp3) is 0.938. The van der Waals surface area contributed by atoms with Crippen molar-refractivity contribution in [3.05, 3.63) is 0 Å². The van der Waals surface area contributed by atoms with Crippen molar-refractivity contribution in [3.8, 4) is 0 Å². The minimum atomic E-state index is -0.558. The number of hydrogen-bond acceptors (Lipinski definition) is 4. The zero-order chi connectivity index (χ0) is 15.0. The third-order valence-electron chi connectivity index (χ3n) is 3.77. The van der Waals surface area contributed by atoms with E-state index in [1.54, 1.807) is 0 Å². The molecule has 1 rings (SSSR count). The van der Waals surface area contributed by atoms with Crippen molar-refractivity contribution in [3.63, 3.8) is 0 Å². The number of ether oxygens (including phenoxy) is 2. The SMILES string of the molecule is COC(=O)C(C)(CCCOCCCC(C)C)NC1CC1. The van der Waals surface area contributed by atoms with Gasteiger partial charge in [0.1, 0.15) is 5.54 Å². The van der Waals surface area contributed by atoms with Crippen molar-refractivity contribution in [2.45, 2.75) is 70.9 Å². The largest absolute Gasteiger partial charge is 0.468 e. The Morgan fingerprint density at radius 1 is 1.30 bits per heavy atom. The summed E-state index contributed by atoms with van der Waals surface area (Å²) >= 11 is 0. The van der Waals surface area contributed by atoms with E-state index in [0.29, 0.717) is 6.04 Å². The van der Waals surface area contributed by atoms with Crippen molar-refractivity contribution in [2.75, 3.05) is 20.3 Å². The fourth-order valence-corrected chi connectivity index (χ4v) is 2.36. The second-order valence-corrected chi connectivity index (χ2v) is 6.49. The lowest BCUT2D eigenvalue weighted by atomic mass is 9.96. The predicted molar refractivity (Wildman–Crippen MR) is 80.7 cm³/mol. The molecule has 4 nitrogen and oxygen atoms in total. The van der Waals surface area contributed by atoms with E-state index in [1.807, 2.05) is 6.92 Å². The smallest absolute Gasteiger partial charge is 0.325 e. The summed E-state index contributed by atoms with van der Waals surface area (Å²) in [4.78, 5) is 11.9. The fourth-order valence-electron chi connectivity index (χ4n) is 2.36. The van der Waals surface area contributed by atoms with Gasteiger partial charge in [-0.15, -0.1) is 0 Å². The molecule has 1 N–H and O–H groups in total. The molecule has 1 atom stereocenters. The summed E-state index contributed by atoms with van der Waals surface area (Å²) in [6.45, 7) is 7.94. The van der Waals surface area contributed by atoms with Gasteiger partial charge in [0, 0.05) is 19.3 Å². The molecule has 1 aliphatic rings. The van der Waals surface area contributed by atoms with Crippen LogP contribution in [0.1, 0.15) is 59.3 Å². The van der Waals surface area contributed by atoms with Crippen molar-refractivity contribution in [1.82, 2.24) is 5.32 Å². The molecular weight excluding hydrogens is 254 g/mol. The highest BCUT2D eigenvalue weighted by atomic mass is 16.5. The summed E-state index contributed by atoms with van der Waals surface area (Å²) in [5.74, 6) is 0.577. The average Bonchev–Trinajstić information content (AvgIpc) is 3.20. The predicted octanol–water partition coefficient (Wildman–Crippen LogP) is 2.90. The molecule has 0 amide bonds. The maximum absolute atomic E-state index is 11.9. The van der Waals surface area contributed by atoms with Gasteiger partial charge in [-0.25, -0.2) is 0 Å². The van der Waals surface area contributed by atoms with Gasteiger partial charge in [-0.3, -0.25) is 10.1 Å². The number of nitrogens with one attached hydrogen (secondary N) is 1. The number of carbonyl (C=O) groups is 1. The molecule has 20 heavy (non-hydrogen) atoms.